The number of benzene rings is 1. The number of hydrogen-bond acceptors (Lipinski definition) is 1. The lowest BCUT2D eigenvalue weighted by molar-refractivity contribution is -0.120. The highest BCUT2D eigenvalue weighted by Crippen LogP contribution is 2.35. The van der Waals surface area contributed by atoms with E-state index in [0.29, 0.717) is 18.0 Å². The Kier molecular flexibility index (Phi) is 4.17. The van der Waals surface area contributed by atoms with E-state index in [2.05, 4.69) is 5.32 Å². The summed E-state index contributed by atoms with van der Waals surface area (Å²) in [6.07, 6.45) is 2.27. The summed E-state index contributed by atoms with van der Waals surface area (Å²) in [7, 11) is 0. The molecule has 1 N–H and O–H groups in total. The highest BCUT2D eigenvalue weighted by molar-refractivity contribution is 6.21. The molecule has 98 valence electrons. The monoisotopic (exact) mass is 273 g/mol. The Morgan fingerprint density at radius 2 is 2.11 bits per heavy atom. The van der Waals surface area contributed by atoms with Crippen LogP contribution in [0.5, 0.6) is 0 Å². The van der Waals surface area contributed by atoms with Crippen molar-refractivity contribution in [3.8, 4) is 0 Å². The van der Waals surface area contributed by atoms with Crippen LogP contribution in [0.3, 0.4) is 0 Å². The third-order valence-corrected chi connectivity index (χ3v) is 3.49. The number of hydrogen-bond donors (Lipinski definition) is 1. The van der Waals surface area contributed by atoms with Crippen LogP contribution < -0.4 is 5.32 Å². The van der Waals surface area contributed by atoms with E-state index in [1.165, 1.54) is 6.07 Å². The van der Waals surface area contributed by atoms with Crippen molar-refractivity contribution in [2.45, 2.75) is 24.6 Å². The average molecular weight is 274 g/mol. The van der Waals surface area contributed by atoms with Gasteiger partial charge in [0.1, 0.15) is 0 Å². The van der Waals surface area contributed by atoms with Crippen LogP contribution in [0.2, 0.25) is 0 Å². The second-order valence-corrected chi connectivity index (χ2v) is 5.14. The van der Waals surface area contributed by atoms with E-state index in [9.17, 15) is 13.6 Å². The van der Waals surface area contributed by atoms with E-state index >= 15 is 0 Å². The third-order valence-electron chi connectivity index (χ3n) is 2.98. The fourth-order valence-electron chi connectivity index (χ4n) is 1.73. The van der Waals surface area contributed by atoms with Gasteiger partial charge >= 0.3 is 0 Å². The molecule has 1 saturated carbocycles. The molecular weight excluding hydrogens is 260 g/mol. The van der Waals surface area contributed by atoms with Crippen molar-refractivity contribution >= 4 is 17.5 Å². The van der Waals surface area contributed by atoms with E-state index in [0.717, 1.165) is 25.0 Å². The SMILES string of the molecule is O=C(Cc1ccc(F)c(F)c1)NCC(Cl)C1CC1. The van der Waals surface area contributed by atoms with Crippen LogP contribution >= 0.6 is 11.6 Å². The zero-order chi connectivity index (χ0) is 13.1. The molecule has 1 aliphatic carbocycles. The lowest BCUT2D eigenvalue weighted by Gasteiger charge is -2.09. The second-order valence-electron chi connectivity index (χ2n) is 4.58. The van der Waals surface area contributed by atoms with Gasteiger partial charge < -0.3 is 5.32 Å². The normalized spacial score (nSPS) is 16.4. The highest BCUT2D eigenvalue weighted by Gasteiger charge is 2.29. The average Bonchev–Trinajstić information content (AvgIpc) is 3.15. The minimum Gasteiger partial charge on any atom is -0.354 e. The summed E-state index contributed by atoms with van der Waals surface area (Å²) in [4.78, 5) is 11.6. The van der Waals surface area contributed by atoms with Crippen LogP contribution in [-0.4, -0.2) is 17.8 Å². The van der Waals surface area contributed by atoms with E-state index in [4.69, 9.17) is 11.6 Å². The van der Waals surface area contributed by atoms with Crippen molar-refractivity contribution in [1.29, 1.82) is 0 Å². The van der Waals surface area contributed by atoms with Crippen LogP contribution in [0.4, 0.5) is 8.78 Å². The second kappa shape index (κ2) is 5.65. The number of carbonyl (C=O) groups is 1. The molecule has 0 radical (unpaired) electrons. The van der Waals surface area contributed by atoms with Crippen LogP contribution in [0.25, 0.3) is 0 Å². The van der Waals surface area contributed by atoms with Gasteiger partial charge in [0.05, 0.1) is 11.8 Å². The molecular formula is C13H14ClF2NO. The summed E-state index contributed by atoms with van der Waals surface area (Å²) in [5.41, 5.74) is 0.448. The molecule has 0 aromatic heterocycles. The number of alkyl halides is 1. The summed E-state index contributed by atoms with van der Waals surface area (Å²) in [5.74, 6) is -1.57. The van der Waals surface area contributed by atoms with E-state index in [1.807, 2.05) is 0 Å². The van der Waals surface area contributed by atoms with Gasteiger partial charge in [0.2, 0.25) is 5.91 Å². The van der Waals surface area contributed by atoms with Crippen LogP contribution in [0, 0.1) is 17.6 Å². The van der Waals surface area contributed by atoms with E-state index < -0.39 is 11.6 Å². The molecule has 1 atom stereocenters. The van der Waals surface area contributed by atoms with Crippen molar-refractivity contribution in [2.75, 3.05) is 6.54 Å². The molecule has 1 fully saturated rings. The summed E-state index contributed by atoms with van der Waals surface area (Å²) < 4.78 is 25.6. The van der Waals surface area contributed by atoms with Gasteiger partial charge in [0.15, 0.2) is 11.6 Å². The summed E-state index contributed by atoms with van der Waals surface area (Å²) in [6, 6.07) is 3.46. The third kappa shape index (κ3) is 3.67. The minimum absolute atomic E-state index is 0.0288. The topological polar surface area (TPSA) is 29.1 Å². The predicted octanol–water partition coefficient (Wildman–Crippen LogP) is 2.64. The van der Waals surface area contributed by atoms with Gasteiger partial charge in [-0.05, 0) is 36.5 Å². The fraction of sp³-hybridized carbons (Fsp3) is 0.462. The van der Waals surface area contributed by atoms with Crippen molar-refractivity contribution < 1.29 is 13.6 Å². The van der Waals surface area contributed by atoms with Gasteiger partial charge in [-0.2, -0.15) is 0 Å². The number of nitrogens with one attached hydrogen (secondary N) is 1. The van der Waals surface area contributed by atoms with Gasteiger partial charge in [-0.3, -0.25) is 4.79 Å². The van der Waals surface area contributed by atoms with Gasteiger partial charge in [-0.25, -0.2) is 8.78 Å². The van der Waals surface area contributed by atoms with E-state index in [-0.39, 0.29) is 17.7 Å². The minimum atomic E-state index is -0.937. The molecule has 1 aromatic carbocycles. The molecule has 0 heterocycles. The van der Waals surface area contributed by atoms with Crippen LogP contribution in [-0.2, 0) is 11.2 Å². The first kappa shape index (κ1) is 13.3. The van der Waals surface area contributed by atoms with Gasteiger partial charge in [-0.15, -0.1) is 11.6 Å². The highest BCUT2D eigenvalue weighted by atomic mass is 35.5. The van der Waals surface area contributed by atoms with Crippen LogP contribution in [0.15, 0.2) is 18.2 Å². The maximum Gasteiger partial charge on any atom is 0.224 e. The molecule has 0 saturated heterocycles. The van der Waals surface area contributed by atoms with Gasteiger partial charge in [0.25, 0.3) is 0 Å². The van der Waals surface area contributed by atoms with Crippen LogP contribution in [0.1, 0.15) is 18.4 Å². The first-order valence-electron chi connectivity index (χ1n) is 5.91. The van der Waals surface area contributed by atoms with Gasteiger partial charge in [0, 0.05) is 6.54 Å². The predicted molar refractivity (Wildman–Crippen MR) is 65.4 cm³/mol. The van der Waals surface area contributed by atoms with Crippen molar-refractivity contribution in [1.82, 2.24) is 5.32 Å². The Hall–Kier alpha value is -1.16. The summed E-state index contributed by atoms with van der Waals surface area (Å²) in [6.45, 7) is 0.425. The van der Waals surface area contributed by atoms with Crippen molar-refractivity contribution in [2.24, 2.45) is 5.92 Å². The van der Waals surface area contributed by atoms with Crippen molar-refractivity contribution in [3.63, 3.8) is 0 Å². The Bertz CT molecular complexity index is 449. The maximum absolute atomic E-state index is 12.9. The number of amides is 1. The maximum atomic E-state index is 12.9. The molecule has 0 aliphatic heterocycles. The van der Waals surface area contributed by atoms with Gasteiger partial charge in [-0.1, -0.05) is 6.07 Å². The summed E-state index contributed by atoms with van der Waals surface area (Å²) >= 11 is 6.05. The molecule has 2 nitrogen and oxygen atoms in total. The Balaban J connectivity index is 1.80. The number of halogens is 3. The number of rotatable bonds is 5. The Labute approximate surface area is 109 Å². The number of carbonyl (C=O) groups excluding carboxylic acids is 1. The standard InChI is InChI=1S/C13H14ClF2NO/c14-10(9-2-3-9)7-17-13(18)6-8-1-4-11(15)12(16)5-8/h1,4-5,9-10H,2-3,6-7H2,(H,17,18). The smallest absolute Gasteiger partial charge is 0.224 e. The molecule has 2 rings (SSSR count). The molecule has 5 heteroatoms. The zero-order valence-corrected chi connectivity index (χ0v) is 10.5. The fourth-order valence-corrected chi connectivity index (χ4v) is 2.06. The quantitative estimate of drug-likeness (QED) is 0.821. The molecule has 0 spiro atoms. The molecule has 0 bridgehead atoms. The first-order valence-corrected chi connectivity index (χ1v) is 6.34. The zero-order valence-electron chi connectivity index (χ0n) is 9.76. The van der Waals surface area contributed by atoms with Crippen molar-refractivity contribution in [3.05, 3.63) is 35.4 Å². The first-order chi connectivity index (χ1) is 8.56. The molecule has 1 aliphatic rings. The lowest BCUT2D eigenvalue weighted by atomic mass is 10.1. The largest absolute Gasteiger partial charge is 0.354 e. The molecule has 18 heavy (non-hydrogen) atoms. The Morgan fingerprint density at radius 3 is 2.72 bits per heavy atom. The molecule has 1 aromatic rings. The Morgan fingerprint density at radius 1 is 1.39 bits per heavy atom. The summed E-state index contributed by atoms with van der Waals surface area (Å²) in [5, 5.41) is 2.67. The lowest BCUT2D eigenvalue weighted by Crippen LogP contribution is -2.31. The molecule has 1 amide bonds. The molecule has 1 unspecified atom stereocenters. The van der Waals surface area contributed by atoms with E-state index in [1.54, 1.807) is 0 Å².